The summed E-state index contributed by atoms with van der Waals surface area (Å²) in [5, 5.41) is 54.8. The molecule has 1 fully saturated rings. The summed E-state index contributed by atoms with van der Waals surface area (Å²) in [6.45, 7) is 3.75. The Morgan fingerprint density at radius 1 is 0.455 bits per heavy atom. The Kier molecular flexibility index (Phi) is 53.7. The van der Waals surface area contributed by atoms with Gasteiger partial charge in [-0.25, -0.2) is 0 Å². The third-order valence-corrected chi connectivity index (χ3v) is 15.3. The molecule has 6 N–H and O–H groups in total. The van der Waals surface area contributed by atoms with E-state index in [2.05, 4.69) is 92.1 Å². The number of aliphatic hydroxyl groups is 5. The first-order valence-corrected chi connectivity index (χ1v) is 32.6. The Hall–Kier alpha value is -2.37. The molecule has 0 aromatic carbocycles. The number of carbonyl (C=O) groups is 1. The first-order valence-electron chi connectivity index (χ1n) is 32.6. The molecule has 0 radical (unpaired) electrons. The maximum absolute atomic E-state index is 13.1. The molecule has 0 aromatic heterocycles. The number of hydrogen-bond donors (Lipinski definition) is 6. The fourth-order valence-corrected chi connectivity index (χ4v) is 10.2. The normalized spacial score (nSPS) is 19.2. The van der Waals surface area contributed by atoms with E-state index < -0.39 is 49.5 Å². The van der Waals surface area contributed by atoms with Crippen molar-refractivity contribution in [3.63, 3.8) is 0 Å². The molecule has 0 saturated carbocycles. The van der Waals surface area contributed by atoms with Gasteiger partial charge in [0.1, 0.15) is 24.4 Å². The van der Waals surface area contributed by atoms with Crippen molar-refractivity contribution >= 4 is 5.91 Å². The third-order valence-electron chi connectivity index (χ3n) is 15.3. The highest BCUT2D eigenvalue weighted by molar-refractivity contribution is 5.76. The maximum Gasteiger partial charge on any atom is 0.220 e. The van der Waals surface area contributed by atoms with Gasteiger partial charge in [-0.15, -0.1) is 0 Å². The average Bonchev–Trinajstić information content (AvgIpc) is 3.43. The Morgan fingerprint density at radius 3 is 1.19 bits per heavy atom. The van der Waals surface area contributed by atoms with Gasteiger partial charge in [0.05, 0.1) is 25.4 Å². The van der Waals surface area contributed by atoms with Crippen LogP contribution < -0.4 is 5.32 Å². The molecule has 9 nitrogen and oxygen atoms in total. The second-order valence-electron chi connectivity index (χ2n) is 22.5. The zero-order valence-corrected chi connectivity index (χ0v) is 50.0. The van der Waals surface area contributed by atoms with Crippen molar-refractivity contribution in [2.24, 2.45) is 0 Å². The number of allylic oxidation sites excluding steroid dienone is 12. The molecule has 77 heavy (non-hydrogen) atoms. The van der Waals surface area contributed by atoms with E-state index in [1.807, 2.05) is 0 Å². The molecule has 1 aliphatic rings. The molecule has 1 heterocycles. The highest BCUT2D eigenvalue weighted by Gasteiger charge is 2.44. The van der Waals surface area contributed by atoms with Crippen molar-refractivity contribution in [3.05, 3.63) is 72.9 Å². The van der Waals surface area contributed by atoms with Gasteiger partial charge in [-0.2, -0.15) is 0 Å². The second kappa shape index (κ2) is 56.9. The van der Waals surface area contributed by atoms with Gasteiger partial charge in [-0.3, -0.25) is 4.79 Å². The van der Waals surface area contributed by atoms with Gasteiger partial charge < -0.3 is 40.3 Å². The van der Waals surface area contributed by atoms with E-state index >= 15 is 0 Å². The Bertz CT molecular complexity index is 1440. The lowest BCUT2D eigenvalue weighted by Crippen LogP contribution is -2.60. The van der Waals surface area contributed by atoms with E-state index in [1.54, 1.807) is 0 Å². The maximum atomic E-state index is 13.1. The summed E-state index contributed by atoms with van der Waals surface area (Å²) in [4.78, 5) is 13.1. The van der Waals surface area contributed by atoms with Gasteiger partial charge in [0, 0.05) is 6.42 Å². The summed E-state index contributed by atoms with van der Waals surface area (Å²) in [5.41, 5.74) is 0. The summed E-state index contributed by atoms with van der Waals surface area (Å²) in [6.07, 6.45) is 72.3. The molecule has 0 aromatic rings. The number of rotatable bonds is 56. The topological polar surface area (TPSA) is 149 Å². The molecular weight excluding hydrogens is 959 g/mol. The first kappa shape index (κ1) is 72.6. The summed E-state index contributed by atoms with van der Waals surface area (Å²) < 4.78 is 11.4. The summed E-state index contributed by atoms with van der Waals surface area (Å²) >= 11 is 0. The molecule has 1 saturated heterocycles. The van der Waals surface area contributed by atoms with Crippen LogP contribution in [0.25, 0.3) is 0 Å². The number of ether oxygens (including phenoxy) is 2. The quantitative estimate of drug-likeness (QED) is 0.0261. The van der Waals surface area contributed by atoms with Gasteiger partial charge in [0.15, 0.2) is 6.29 Å². The van der Waals surface area contributed by atoms with Gasteiger partial charge >= 0.3 is 0 Å². The third kappa shape index (κ3) is 46.0. The molecule has 1 aliphatic heterocycles. The molecule has 0 aliphatic carbocycles. The predicted octanol–water partition coefficient (Wildman–Crippen LogP) is 17.2. The Balaban J connectivity index is 2.14. The van der Waals surface area contributed by atoms with Crippen LogP contribution in [0.4, 0.5) is 0 Å². The monoisotopic (exact) mass is 1080 g/mol. The van der Waals surface area contributed by atoms with Gasteiger partial charge in [-0.05, 0) is 64.2 Å². The van der Waals surface area contributed by atoms with Crippen LogP contribution in [0.2, 0.25) is 0 Å². The minimum atomic E-state index is -1.56. The number of carbonyl (C=O) groups excluding carboxylic acids is 1. The Morgan fingerprint density at radius 2 is 0.805 bits per heavy atom. The van der Waals surface area contributed by atoms with Gasteiger partial charge in [-0.1, -0.05) is 299 Å². The van der Waals surface area contributed by atoms with E-state index in [9.17, 15) is 30.3 Å². The lowest BCUT2D eigenvalue weighted by Gasteiger charge is -2.40. The fraction of sp³-hybridized carbons (Fsp3) is 0.809. The predicted molar refractivity (Wildman–Crippen MR) is 327 cm³/mol. The molecule has 1 amide bonds. The minimum absolute atomic E-state index is 0.138. The zero-order valence-electron chi connectivity index (χ0n) is 50.0. The van der Waals surface area contributed by atoms with Crippen molar-refractivity contribution in [3.8, 4) is 0 Å². The highest BCUT2D eigenvalue weighted by Crippen LogP contribution is 2.23. The summed E-state index contributed by atoms with van der Waals surface area (Å²) in [7, 11) is 0. The van der Waals surface area contributed by atoms with Crippen LogP contribution in [0, 0.1) is 0 Å². The second-order valence-corrected chi connectivity index (χ2v) is 22.5. The van der Waals surface area contributed by atoms with Gasteiger partial charge in [0.25, 0.3) is 0 Å². The van der Waals surface area contributed by atoms with Crippen LogP contribution in [0.1, 0.15) is 296 Å². The van der Waals surface area contributed by atoms with Crippen molar-refractivity contribution in [1.82, 2.24) is 5.32 Å². The van der Waals surface area contributed by atoms with E-state index in [-0.39, 0.29) is 12.5 Å². The summed E-state index contributed by atoms with van der Waals surface area (Å²) in [6, 6.07) is -0.723. The first-order chi connectivity index (χ1) is 37.8. The minimum Gasteiger partial charge on any atom is -0.394 e. The van der Waals surface area contributed by atoms with E-state index in [0.29, 0.717) is 12.8 Å². The standard InChI is InChI=1S/C68H123NO8/c1-3-5-7-9-11-13-15-17-19-21-23-25-26-27-28-29-30-31-32-33-34-35-36-38-40-42-44-46-48-50-52-54-56-58-64(72)69-61(60-76-68-67(75)66(74)65(73)63(59-70)77-68)62(71)57-55-53-51-49-47-45-43-41-39-37-24-22-20-18-16-14-12-10-8-6-4-2/h5,7,11,13,17,19,23,25,27-28,30-31,61-63,65-68,70-71,73-75H,3-4,6,8-10,12,14-16,18,20-22,24,26,29,32-60H2,1-2H3,(H,69,72)/b7-5-,13-11-,19-17-,25-23-,28-27-,31-30-. The SMILES string of the molecule is CC/C=C\C/C=C\C/C=C\C/C=C\C/C=C\C/C=C\CCCCCCCCCCCCCCCCC(=O)NC(COC1OC(CO)C(O)C(O)C1O)C(O)CCCCCCCCCCCCCCCCCCCCCCC. The number of aliphatic hydroxyl groups excluding tert-OH is 5. The molecule has 7 atom stereocenters. The van der Waals surface area contributed by atoms with Crippen LogP contribution in [-0.4, -0.2) is 87.5 Å². The number of amides is 1. The lowest BCUT2D eigenvalue weighted by molar-refractivity contribution is -0.302. The van der Waals surface area contributed by atoms with Crippen LogP contribution in [0.3, 0.4) is 0 Å². The van der Waals surface area contributed by atoms with E-state index in [1.165, 1.54) is 193 Å². The molecule has 0 bridgehead atoms. The van der Waals surface area contributed by atoms with Crippen molar-refractivity contribution in [2.45, 2.75) is 339 Å². The number of unbranched alkanes of at least 4 members (excludes halogenated alkanes) is 34. The largest absolute Gasteiger partial charge is 0.394 e. The Labute approximate surface area is 474 Å². The molecule has 7 unspecified atom stereocenters. The van der Waals surface area contributed by atoms with E-state index in [0.717, 1.165) is 77.0 Å². The van der Waals surface area contributed by atoms with Crippen LogP contribution >= 0.6 is 0 Å². The summed E-state index contributed by atoms with van der Waals surface area (Å²) in [5.74, 6) is -0.143. The van der Waals surface area contributed by atoms with Gasteiger partial charge in [0.2, 0.25) is 5.91 Å². The molecule has 0 spiro atoms. The molecule has 9 heteroatoms. The molecule has 1 rings (SSSR count). The van der Waals surface area contributed by atoms with Crippen molar-refractivity contribution in [2.75, 3.05) is 13.2 Å². The highest BCUT2D eigenvalue weighted by atomic mass is 16.7. The number of hydrogen-bond acceptors (Lipinski definition) is 8. The molecule has 448 valence electrons. The fourth-order valence-electron chi connectivity index (χ4n) is 10.2. The van der Waals surface area contributed by atoms with Crippen molar-refractivity contribution in [1.29, 1.82) is 0 Å². The average molecular weight is 1080 g/mol. The zero-order chi connectivity index (χ0) is 55.8. The van der Waals surface area contributed by atoms with Crippen LogP contribution in [-0.2, 0) is 14.3 Å². The van der Waals surface area contributed by atoms with E-state index in [4.69, 9.17) is 9.47 Å². The number of nitrogens with one attached hydrogen (secondary N) is 1. The molecular formula is C68H123NO8. The van der Waals surface area contributed by atoms with Crippen molar-refractivity contribution < 1.29 is 39.8 Å². The lowest BCUT2D eigenvalue weighted by atomic mass is 9.99. The van der Waals surface area contributed by atoms with Crippen LogP contribution in [0.5, 0.6) is 0 Å². The smallest absolute Gasteiger partial charge is 0.220 e. The van der Waals surface area contributed by atoms with Crippen LogP contribution in [0.15, 0.2) is 72.9 Å².